The maximum atomic E-state index is 11.8. The molecule has 6 nitrogen and oxygen atoms in total. The Labute approximate surface area is 134 Å². The number of ether oxygens (including phenoxy) is 2. The lowest BCUT2D eigenvalue weighted by atomic mass is 10.2. The molecular formula is C17H20N2O4. The topological polar surface area (TPSA) is 72.7 Å². The molecule has 1 fully saturated rings. The largest absolute Gasteiger partial charge is 0.488 e. The van der Waals surface area contributed by atoms with Gasteiger partial charge in [0, 0.05) is 12.1 Å². The summed E-state index contributed by atoms with van der Waals surface area (Å²) in [6.45, 7) is 2.01. The first-order chi connectivity index (χ1) is 11.3. The van der Waals surface area contributed by atoms with Gasteiger partial charge in [0.1, 0.15) is 17.6 Å². The molecule has 1 aromatic carbocycles. The number of carbonyl (C=O) groups is 1. The van der Waals surface area contributed by atoms with Crippen molar-refractivity contribution in [3.05, 3.63) is 48.4 Å². The van der Waals surface area contributed by atoms with E-state index in [1.54, 1.807) is 12.3 Å². The molecule has 122 valence electrons. The second-order valence-electron chi connectivity index (χ2n) is 5.34. The minimum absolute atomic E-state index is 0.0927. The fourth-order valence-corrected chi connectivity index (χ4v) is 2.29. The average molecular weight is 316 g/mol. The predicted molar refractivity (Wildman–Crippen MR) is 85.3 cm³/mol. The quantitative estimate of drug-likeness (QED) is 0.819. The predicted octanol–water partition coefficient (Wildman–Crippen LogP) is 2.18. The molecule has 0 spiro atoms. The van der Waals surface area contributed by atoms with E-state index in [0.717, 1.165) is 30.2 Å². The highest BCUT2D eigenvalue weighted by atomic mass is 16.5. The van der Waals surface area contributed by atoms with E-state index in [9.17, 15) is 4.79 Å². The highest BCUT2D eigenvalue weighted by Gasteiger charge is 2.16. The lowest BCUT2D eigenvalue weighted by Gasteiger charge is -2.12. The first-order valence-electron chi connectivity index (χ1n) is 7.67. The van der Waals surface area contributed by atoms with Gasteiger partial charge in [-0.15, -0.1) is 0 Å². The van der Waals surface area contributed by atoms with Crippen molar-refractivity contribution in [2.24, 2.45) is 0 Å². The molecule has 2 heterocycles. The summed E-state index contributed by atoms with van der Waals surface area (Å²) in [5.74, 6) is 1.45. The van der Waals surface area contributed by atoms with Crippen LogP contribution >= 0.6 is 0 Å². The highest BCUT2D eigenvalue weighted by Crippen LogP contribution is 2.19. The lowest BCUT2D eigenvalue weighted by molar-refractivity contribution is -0.119. The summed E-state index contributed by atoms with van der Waals surface area (Å²) in [6.07, 6.45) is 2.65. The smallest absolute Gasteiger partial charge is 0.239 e. The van der Waals surface area contributed by atoms with Crippen LogP contribution in [-0.2, 0) is 16.1 Å². The van der Waals surface area contributed by atoms with E-state index in [1.807, 2.05) is 30.3 Å². The summed E-state index contributed by atoms with van der Waals surface area (Å²) in [5, 5.41) is 5.85. The summed E-state index contributed by atoms with van der Waals surface area (Å²) in [4.78, 5) is 11.8. The van der Waals surface area contributed by atoms with Gasteiger partial charge in [-0.2, -0.15) is 0 Å². The Hall–Kier alpha value is -2.47. The zero-order valence-electron chi connectivity index (χ0n) is 12.8. The third-order valence-electron chi connectivity index (χ3n) is 3.54. The molecule has 0 aliphatic carbocycles. The van der Waals surface area contributed by atoms with Gasteiger partial charge in [0.2, 0.25) is 5.91 Å². The van der Waals surface area contributed by atoms with Crippen LogP contribution in [0, 0.1) is 0 Å². The molecule has 1 saturated heterocycles. The zero-order valence-corrected chi connectivity index (χ0v) is 12.8. The van der Waals surface area contributed by atoms with Crippen LogP contribution in [0.4, 0.5) is 5.69 Å². The molecule has 2 aromatic rings. The number of furan rings is 1. The molecule has 2 N–H and O–H groups in total. The molecule has 23 heavy (non-hydrogen) atoms. The van der Waals surface area contributed by atoms with Gasteiger partial charge < -0.3 is 24.5 Å². The summed E-state index contributed by atoms with van der Waals surface area (Å²) in [5.41, 5.74) is 0.869. The number of anilines is 1. The van der Waals surface area contributed by atoms with Crippen molar-refractivity contribution in [1.82, 2.24) is 5.32 Å². The number of hydrogen-bond acceptors (Lipinski definition) is 5. The summed E-state index contributed by atoms with van der Waals surface area (Å²) in [7, 11) is 0. The van der Waals surface area contributed by atoms with E-state index in [2.05, 4.69) is 10.6 Å². The van der Waals surface area contributed by atoms with Crippen molar-refractivity contribution in [2.45, 2.75) is 19.1 Å². The normalized spacial score (nSPS) is 17.0. The summed E-state index contributed by atoms with van der Waals surface area (Å²) in [6, 6.07) is 11.2. The molecule has 1 aliphatic rings. The van der Waals surface area contributed by atoms with Gasteiger partial charge >= 0.3 is 0 Å². The van der Waals surface area contributed by atoms with Gasteiger partial charge in [-0.05, 0) is 36.4 Å². The maximum absolute atomic E-state index is 11.8. The number of rotatable bonds is 7. The molecule has 0 saturated carbocycles. The Bertz CT molecular complexity index is 604. The van der Waals surface area contributed by atoms with Gasteiger partial charge in [-0.3, -0.25) is 4.79 Å². The van der Waals surface area contributed by atoms with Gasteiger partial charge in [0.15, 0.2) is 0 Å². The number of carbonyl (C=O) groups excluding carboxylic acids is 1. The number of hydrogen-bond donors (Lipinski definition) is 2. The minimum atomic E-state index is -0.0927. The van der Waals surface area contributed by atoms with Crippen LogP contribution in [0.25, 0.3) is 0 Å². The third kappa shape index (κ3) is 4.75. The zero-order chi connectivity index (χ0) is 15.9. The SMILES string of the molecule is O=C(CNc1ccc(O[C@H]2CCOC2)cc1)NCc1ccco1. The standard InChI is InChI=1S/C17H20N2O4/c20-17(19-10-15-2-1-8-22-15)11-18-13-3-5-14(6-4-13)23-16-7-9-21-12-16/h1-6,8,16,18H,7,9-12H2,(H,19,20)/t16-/m0/s1. The molecule has 6 heteroatoms. The van der Waals surface area contributed by atoms with Crippen LogP contribution < -0.4 is 15.4 Å². The minimum Gasteiger partial charge on any atom is -0.488 e. The van der Waals surface area contributed by atoms with Gasteiger partial charge in [0.05, 0.1) is 32.6 Å². The molecule has 0 unspecified atom stereocenters. The Balaban J connectivity index is 1.40. The van der Waals surface area contributed by atoms with Crippen LogP contribution in [-0.4, -0.2) is 31.8 Å². The average Bonchev–Trinajstić information content (AvgIpc) is 3.26. The van der Waals surface area contributed by atoms with Crippen molar-refractivity contribution in [3.8, 4) is 5.75 Å². The van der Waals surface area contributed by atoms with Gasteiger partial charge in [-0.1, -0.05) is 0 Å². The Morgan fingerprint density at radius 3 is 2.83 bits per heavy atom. The molecule has 1 aromatic heterocycles. The molecular weight excluding hydrogens is 296 g/mol. The molecule has 0 radical (unpaired) electrons. The van der Waals surface area contributed by atoms with Crippen molar-refractivity contribution in [1.29, 1.82) is 0 Å². The van der Waals surface area contributed by atoms with E-state index in [-0.39, 0.29) is 18.6 Å². The fraction of sp³-hybridized carbons (Fsp3) is 0.353. The van der Waals surface area contributed by atoms with Gasteiger partial charge in [0.25, 0.3) is 0 Å². The molecule has 1 amide bonds. The van der Waals surface area contributed by atoms with E-state index in [1.165, 1.54) is 0 Å². The second-order valence-corrected chi connectivity index (χ2v) is 5.34. The Morgan fingerprint density at radius 1 is 1.26 bits per heavy atom. The first-order valence-corrected chi connectivity index (χ1v) is 7.67. The van der Waals surface area contributed by atoms with Crippen LogP contribution in [0.2, 0.25) is 0 Å². The van der Waals surface area contributed by atoms with E-state index in [4.69, 9.17) is 13.9 Å². The van der Waals surface area contributed by atoms with E-state index >= 15 is 0 Å². The summed E-state index contributed by atoms with van der Waals surface area (Å²) < 4.78 is 16.2. The lowest BCUT2D eigenvalue weighted by Crippen LogP contribution is -2.29. The second kappa shape index (κ2) is 7.69. The molecule has 1 atom stereocenters. The Kier molecular flexibility index (Phi) is 5.16. The van der Waals surface area contributed by atoms with E-state index < -0.39 is 0 Å². The fourth-order valence-electron chi connectivity index (χ4n) is 2.29. The van der Waals surface area contributed by atoms with Crippen molar-refractivity contribution in [3.63, 3.8) is 0 Å². The molecule has 3 rings (SSSR count). The van der Waals surface area contributed by atoms with Crippen LogP contribution in [0.1, 0.15) is 12.2 Å². The van der Waals surface area contributed by atoms with Crippen LogP contribution in [0.15, 0.2) is 47.1 Å². The van der Waals surface area contributed by atoms with Crippen molar-refractivity contribution < 1.29 is 18.7 Å². The third-order valence-corrected chi connectivity index (χ3v) is 3.54. The van der Waals surface area contributed by atoms with Crippen molar-refractivity contribution in [2.75, 3.05) is 25.1 Å². The molecule has 1 aliphatic heterocycles. The van der Waals surface area contributed by atoms with Gasteiger partial charge in [-0.25, -0.2) is 0 Å². The number of amides is 1. The van der Waals surface area contributed by atoms with Crippen LogP contribution in [0.3, 0.4) is 0 Å². The first kappa shape index (κ1) is 15.4. The number of nitrogens with one attached hydrogen (secondary N) is 2. The monoisotopic (exact) mass is 316 g/mol. The van der Waals surface area contributed by atoms with Crippen molar-refractivity contribution >= 4 is 11.6 Å². The van der Waals surface area contributed by atoms with Crippen LogP contribution in [0.5, 0.6) is 5.75 Å². The molecule has 0 bridgehead atoms. The summed E-state index contributed by atoms with van der Waals surface area (Å²) >= 11 is 0. The van der Waals surface area contributed by atoms with E-state index in [0.29, 0.717) is 13.2 Å². The number of benzene rings is 1. The Morgan fingerprint density at radius 2 is 2.13 bits per heavy atom. The maximum Gasteiger partial charge on any atom is 0.239 e. The highest BCUT2D eigenvalue weighted by molar-refractivity contribution is 5.80.